The number of hydrogen-bond acceptors (Lipinski definition) is 5. The highest BCUT2D eigenvalue weighted by Gasteiger charge is 2.16. The van der Waals surface area contributed by atoms with Gasteiger partial charge in [0.15, 0.2) is 16.6 Å². The molecule has 0 aromatic heterocycles. The zero-order valence-corrected chi connectivity index (χ0v) is 18.3. The van der Waals surface area contributed by atoms with E-state index in [-0.39, 0.29) is 12.0 Å². The fraction of sp³-hybridized carbons (Fsp3) is 0.364. The Morgan fingerprint density at radius 1 is 1.10 bits per heavy atom. The Bertz CT molecular complexity index is 870. The van der Waals surface area contributed by atoms with Crippen LogP contribution in [0.1, 0.15) is 47.8 Å². The third-order valence-electron chi connectivity index (χ3n) is 4.60. The molecule has 0 aliphatic heterocycles. The van der Waals surface area contributed by atoms with E-state index in [9.17, 15) is 4.79 Å². The van der Waals surface area contributed by atoms with Crippen LogP contribution in [0.25, 0.3) is 0 Å². The molecule has 0 saturated heterocycles. The number of hydrogen-bond donors (Lipinski definition) is 2. The normalized spacial score (nSPS) is 11.3. The summed E-state index contributed by atoms with van der Waals surface area (Å²) in [7, 11) is 3.22. The van der Waals surface area contributed by atoms with Crippen molar-refractivity contribution in [2.75, 3.05) is 26.1 Å². The van der Waals surface area contributed by atoms with Gasteiger partial charge in [-0.3, -0.25) is 0 Å². The van der Waals surface area contributed by atoms with Crippen molar-refractivity contribution in [3.05, 3.63) is 53.1 Å². The first kappa shape index (κ1) is 22.5. The number of ether oxygens (including phenoxy) is 3. The average molecular weight is 417 g/mol. The molecule has 0 radical (unpaired) electrons. The third-order valence-corrected chi connectivity index (χ3v) is 4.82. The van der Waals surface area contributed by atoms with Gasteiger partial charge >= 0.3 is 5.97 Å². The zero-order valence-electron chi connectivity index (χ0n) is 17.5. The number of rotatable bonds is 8. The van der Waals surface area contributed by atoms with E-state index in [0.717, 1.165) is 23.2 Å². The summed E-state index contributed by atoms with van der Waals surface area (Å²) in [5, 5.41) is 6.99. The molecule has 0 amide bonds. The maximum Gasteiger partial charge on any atom is 0.338 e. The number of benzene rings is 2. The van der Waals surface area contributed by atoms with Gasteiger partial charge in [-0.2, -0.15) is 0 Å². The zero-order chi connectivity index (χ0) is 21.4. The van der Waals surface area contributed by atoms with Crippen molar-refractivity contribution >= 4 is 29.0 Å². The first-order valence-corrected chi connectivity index (χ1v) is 9.92. The molecule has 1 unspecified atom stereocenters. The smallest absolute Gasteiger partial charge is 0.338 e. The van der Waals surface area contributed by atoms with Crippen molar-refractivity contribution in [2.45, 2.75) is 33.2 Å². The summed E-state index contributed by atoms with van der Waals surface area (Å²) in [6.45, 7) is 6.05. The fourth-order valence-corrected chi connectivity index (χ4v) is 3.26. The van der Waals surface area contributed by atoms with Gasteiger partial charge in [-0.25, -0.2) is 4.79 Å². The Labute approximate surface area is 177 Å². The second-order valence-corrected chi connectivity index (χ2v) is 6.78. The van der Waals surface area contributed by atoms with E-state index in [4.69, 9.17) is 26.4 Å². The molecule has 2 rings (SSSR count). The number of carbonyl (C=O) groups is 1. The number of methoxy groups -OCH3 is 2. The lowest BCUT2D eigenvalue weighted by atomic mass is 10.0. The van der Waals surface area contributed by atoms with Crippen LogP contribution in [0.2, 0.25) is 0 Å². The van der Waals surface area contributed by atoms with Gasteiger partial charge in [-0.15, -0.1) is 0 Å². The molecule has 0 bridgehead atoms. The highest BCUT2D eigenvalue weighted by Crippen LogP contribution is 2.31. The number of anilines is 1. The predicted molar refractivity (Wildman–Crippen MR) is 119 cm³/mol. The number of thiocarbonyl (C=S) groups is 1. The highest BCUT2D eigenvalue weighted by atomic mass is 32.1. The van der Waals surface area contributed by atoms with Gasteiger partial charge in [-0.1, -0.05) is 19.1 Å². The van der Waals surface area contributed by atoms with Gasteiger partial charge in [0.2, 0.25) is 0 Å². The average Bonchev–Trinajstić information content (AvgIpc) is 2.73. The Morgan fingerprint density at radius 3 is 2.45 bits per heavy atom. The largest absolute Gasteiger partial charge is 0.493 e. The van der Waals surface area contributed by atoms with E-state index < -0.39 is 0 Å². The van der Waals surface area contributed by atoms with Crippen LogP contribution < -0.4 is 20.1 Å². The van der Waals surface area contributed by atoms with Crippen molar-refractivity contribution in [1.29, 1.82) is 0 Å². The van der Waals surface area contributed by atoms with Crippen LogP contribution in [0.3, 0.4) is 0 Å². The molecule has 0 heterocycles. The van der Waals surface area contributed by atoms with Crippen LogP contribution in [0, 0.1) is 6.92 Å². The van der Waals surface area contributed by atoms with Gasteiger partial charge in [0.05, 0.1) is 32.4 Å². The van der Waals surface area contributed by atoms with Gasteiger partial charge in [0.25, 0.3) is 0 Å². The van der Waals surface area contributed by atoms with E-state index in [1.807, 2.05) is 31.2 Å². The molecule has 156 valence electrons. The van der Waals surface area contributed by atoms with Gasteiger partial charge in [-0.05, 0) is 67.9 Å². The van der Waals surface area contributed by atoms with E-state index >= 15 is 0 Å². The van der Waals surface area contributed by atoms with Crippen LogP contribution in [0.15, 0.2) is 36.4 Å². The molecular formula is C22H28N2O4S. The lowest BCUT2D eigenvalue weighted by molar-refractivity contribution is 0.0525. The molecule has 0 aliphatic carbocycles. The maximum absolute atomic E-state index is 12.1. The minimum atomic E-state index is -0.343. The van der Waals surface area contributed by atoms with Crippen LogP contribution in [-0.4, -0.2) is 31.9 Å². The Kier molecular flexibility index (Phi) is 8.27. The van der Waals surface area contributed by atoms with Crippen molar-refractivity contribution in [2.24, 2.45) is 0 Å². The van der Waals surface area contributed by atoms with Crippen molar-refractivity contribution in [3.63, 3.8) is 0 Å². The second kappa shape index (κ2) is 10.7. The molecule has 7 heteroatoms. The molecular weight excluding hydrogens is 388 g/mol. The summed E-state index contributed by atoms with van der Waals surface area (Å²) in [4.78, 5) is 12.1. The van der Waals surface area contributed by atoms with Crippen LogP contribution in [0.4, 0.5) is 5.69 Å². The first-order valence-electron chi connectivity index (χ1n) is 9.51. The summed E-state index contributed by atoms with van der Waals surface area (Å²) in [6, 6.07) is 11.2. The lowest BCUT2D eigenvalue weighted by Gasteiger charge is -2.22. The van der Waals surface area contributed by atoms with Gasteiger partial charge in [0, 0.05) is 5.69 Å². The minimum Gasteiger partial charge on any atom is -0.493 e. The lowest BCUT2D eigenvalue weighted by Crippen LogP contribution is -2.32. The Hall–Kier alpha value is -2.80. The standard InChI is InChI=1S/C22H28N2O4S/c1-6-17(15-11-12-19(26-4)20(13-15)27-5)23-22(29)24-18-10-8-9-16(14(18)3)21(25)28-7-2/h8-13,17H,6-7H2,1-5H3,(H2,23,24,29). The van der Waals surface area contributed by atoms with Crippen molar-refractivity contribution < 1.29 is 19.0 Å². The quantitative estimate of drug-likeness (QED) is 0.480. The SMILES string of the molecule is CCOC(=O)c1cccc(NC(=S)NC(CC)c2ccc(OC)c(OC)c2)c1C. The van der Waals surface area contributed by atoms with Crippen LogP contribution in [0.5, 0.6) is 11.5 Å². The van der Waals surface area contributed by atoms with E-state index in [1.54, 1.807) is 33.3 Å². The number of nitrogens with one attached hydrogen (secondary N) is 2. The van der Waals surface area contributed by atoms with Crippen LogP contribution in [-0.2, 0) is 4.74 Å². The molecule has 1 atom stereocenters. The number of carbonyl (C=O) groups excluding carboxylic acids is 1. The van der Waals surface area contributed by atoms with Gasteiger partial charge in [0.1, 0.15) is 0 Å². The van der Waals surface area contributed by atoms with Crippen molar-refractivity contribution in [3.8, 4) is 11.5 Å². The van der Waals surface area contributed by atoms with Crippen LogP contribution >= 0.6 is 12.2 Å². The molecule has 0 fully saturated rings. The molecule has 2 aromatic rings. The predicted octanol–water partition coefficient (Wildman–Crippen LogP) is 4.63. The summed E-state index contributed by atoms with van der Waals surface area (Å²) < 4.78 is 15.8. The summed E-state index contributed by atoms with van der Waals surface area (Å²) in [5.41, 5.74) is 3.10. The first-order chi connectivity index (χ1) is 13.9. The maximum atomic E-state index is 12.1. The second-order valence-electron chi connectivity index (χ2n) is 6.37. The molecule has 0 spiro atoms. The third kappa shape index (κ3) is 5.60. The molecule has 2 N–H and O–H groups in total. The van der Waals surface area contributed by atoms with E-state index in [1.165, 1.54) is 0 Å². The Balaban J connectivity index is 2.15. The number of esters is 1. The highest BCUT2D eigenvalue weighted by molar-refractivity contribution is 7.80. The van der Waals surface area contributed by atoms with Crippen molar-refractivity contribution in [1.82, 2.24) is 5.32 Å². The molecule has 0 saturated carbocycles. The molecule has 2 aromatic carbocycles. The van der Waals surface area contributed by atoms with Gasteiger partial charge < -0.3 is 24.8 Å². The topological polar surface area (TPSA) is 68.8 Å². The van der Waals surface area contributed by atoms with E-state index in [2.05, 4.69) is 17.6 Å². The summed E-state index contributed by atoms with van der Waals surface area (Å²) >= 11 is 5.51. The van der Waals surface area contributed by atoms with E-state index in [0.29, 0.717) is 28.8 Å². The Morgan fingerprint density at radius 2 is 1.83 bits per heavy atom. The summed E-state index contributed by atoms with van der Waals surface area (Å²) in [6.07, 6.45) is 0.819. The molecule has 0 aliphatic rings. The molecule has 6 nitrogen and oxygen atoms in total. The molecule has 29 heavy (non-hydrogen) atoms. The summed E-state index contributed by atoms with van der Waals surface area (Å²) in [5.74, 6) is 1.00. The fourth-order valence-electron chi connectivity index (χ4n) is 3.01. The minimum absolute atomic E-state index is 0.0108. The monoisotopic (exact) mass is 416 g/mol.